The van der Waals surface area contributed by atoms with Crippen molar-refractivity contribution in [2.24, 2.45) is 0 Å². The van der Waals surface area contributed by atoms with E-state index in [4.69, 9.17) is 9.47 Å². The molecule has 0 spiro atoms. The largest absolute Gasteiger partial charge is 0.319 e. The van der Waals surface area contributed by atoms with Crippen LogP contribution in [0.5, 0.6) is 0 Å². The molecule has 1 aliphatic heterocycles. The minimum absolute atomic E-state index is 0.0831. The molecule has 1 saturated heterocycles. The van der Waals surface area contributed by atoms with Crippen molar-refractivity contribution < 1.29 is 9.47 Å². The fraction of sp³-hybridized carbons (Fsp3) is 0.214. The summed E-state index contributed by atoms with van der Waals surface area (Å²) in [6.45, 7) is 1.90. The van der Waals surface area contributed by atoms with Gasteiger partial charge in [-0.1, -0.05) is 6.08 Å². The monoisotopic (exact) mass is 337 g/mol. The van der Waals surface area contributed by atoms with Crippen molar-refractivity contribution in [3.63, 3.8) is 0 Å². The summed E-state index contributed by atoms with van der Waals surface area (Å²) in [6.07, 6.45) is 5.66. The van der Waals surface area contributed by atoms with Gasteiger partial charge in [0.25, 0.3) is 0 Å². The van der Waals surface area contributed by atoms with Crippen LogP contribution in [0, 0.1) is 0 Å². The number of ether oxygens (including phenoxy) is 2. The van der Waals surface area contributed by atoms with Crippen molar-refractivity contribution >= 4 is 39.4 Å². The molecule has 1 fully saturated rings. The van der Waals surface area contributed by atoms with E-state index in [9.17, 15) is 0 Å². The zero-order valence-electron chi connectivity index (χ0n) is 10.2. The molecule has 3 rings (SSSR count). The van der Waals surface area contributed by atoms with E-state index in [-0.39, 0.29) is 12.6 Å². The summed E-state index contributed by atoms with van der Waals surface area (Å²) < 4.78 is 11.8. The number of aromatic nitrogens is 1. The normalized spacial score (nSPS) is 22.6. The molecule has 0 radical (unpaired) electrons. The first-order valence-electron chi connectivity index (χ1n) is 5.91. The molecule has 0 bridgehead atoms. The van der Waals surface area contributed by atoms with Crippen LogP contribution in [0.15, 0.2) is 35.1 Å². The van der Waals surface area contributed by atoms with Crippen LogP contribution in [0.3, 0.4) is 0 Å². The maximum absolute atomic E-state index is 5.47. The van der Waals surface area contributed by atoms with E-state index in [1.54, 1.807) is 17.5 Å². The molecular formula is C14H12BrNO2S. The number of rotatable bonds is 3. The van der Waals surface area contributed by atoms with Gasteiger partial charge in [0, 0.05) is 11.1 Å². The second-order valence-corrected chi connectivity index (χ2v) is 6.12. The molecule has 2 aromatic rings. The SMILES string of the molecule is CC1OC(c2ccc(/C=C/c3ccnc(Br)c3)s2)O1. The molecule has 0 atom stereocenters. The van der Waals surface area contributed by atoms with Crippen LogP contribution in [0.4, 0.5) is 0 Å². The van der Waals surface area contributed by atoms with Gasteiger partial charge >= 0.3 is 0 Å². The first-order chi connectivity index (χ1) is 9.20. The summed E-state index contributed by atoms with van der Waals surface area (Å²) in [4.78, 5) is 6.38. The number of hydrogen-bond acceptors (Lipinski definition) is 4. The standard InChI is InChI=1S/C14H12BrNO2S/c1-9-17-14(18-9)12-5-4-11(19-12)3-2-10-6-7-16-13(15)8-10/h2-9,14H,1H3/b3-2+. The Labute approximate surface area is 124 Å². The Bertz CT molecular complexity index is 605. The lowest BCUT2D eigenvalue weighted by Gasteiger charge is -2.32. The number of thiophene rings is 1. The zero-order chi connectivity index (χ0) is 13.2. The molecule has 5 heteroatoms. The van der Waals surface area contributed by atoms with Crippen LogP contribution in [-0.4, -0.2) is 11.3 Å². The highest BCUT2D eigenvalue weighted by Gasteiger charge is 2.29. The van der Waals surface area contributed by atoms with Gasteiger partial charge in [-0.05, 0) is 58.8 Å². The van der Waals surface area contributed by atoms with Crippen molar-refractivity contribution in [1.82, 2.24) is 4.98 Å². The fourth-order valence-corrected chi connectivity index (χ4v) is 3.05. The highest BCUT2D eigenvalue weighted by molar-refractivity contribution is 9.10. The van der Waals surface area contributed by atoms with E-state index in [2.05, 4.69) is 39.1 Å². The quantitative estimate of drug-likeness (QED) is 0.774. The summed E-state index contributed by atoms with van der Waals surface area (Å²) in [7, 11) is 0. The molecule has 3 heterocycles. The Morgan fingerprint density at radius 3 is 2.84 bits per heavy atom. The third-order valence-electron chi connectivity index (χ3n) is 2.70. The average molecular weight is 338 g/mol. The second kappa shape index (κ2) is 5.54. The van der Waals surface area contributed by atoms with E-state index in [1.807, 2.05) is 25.1 Å². The van der Waals surface area contributed by atoms with Crippen LogP contribution < -0.4 is 0 Å². The van der Waals surface area contributed by atoms with Crippen LogP contribution in [0.25, 0.3) is 12.2 Å². The lowest BCUT2D eigenvalue weighted by Crippen LogP contribution is -2.30. The van der Waals surface area contributed by atoms with Crippen molar-refractivity contribution in [3.05, 3.63) is 50.4 Å². The van der Waals surface area contributed by atoms with Crippen molar-refractivity contribution in [2.45, 2.75) is 19.5 Å². The Balaban J connectivity index is 1.70. The molecule has 0 unspecified atom stereocenters. The summed E-state index contributed by atoms with van der Waals surface area (Å²) in [6, 6.07) is 8.06. The molecule has 0 saturated carbocycles. The molecule has 0 N–H and O–H groups in total. The van der Waals surface area contributed by atoms with E-state index >= 15 is 0 Å². The minimum atomic E-state index is -0.183. The summed E-state index contributed by atoms with van der Waals surface area (Å²) in [5.74, 6) is 0. The Morgan fingerprint density at radius 1 is 1.26 bits per heavy atom. The van der Waals surface area contributed by atoms with Crippen LogP contribution in [0.1, 0.15) is 28.5 Å². The molecule has 0 amide bonds. The van der Waals surface area contributed by atoms with Gasteiger partial charge in [0.15, 0.2) is 12.6 Å². The molecule has 3 nitrogen and oxygen atoms in total. The lowest BCUT2D eigenvalue weighted by molar-refractivity contribution is -0.381. The van der Waals surface area contributed by atoms with Crippen LogP contribution in [-0.2, 0) is 9.47 Å². The van der Waals surface area contributed by atoms with Gasteiger partial charge in [-0.15, -0.1) is 11.3 Å². The van der Waals surface area contributed by atoms with Crippen LogP contribution >= 0.6 is 27.3 Å². The van der Waals surface area contributed by atoms with Gasteiger partial charge < -0.3 is 9.47 Å². The first-order valence-corrected chi connectivity index (χ1v) is 7.52. The molecule has 0 aromatic carbocycles. The van der Waals surface area contributed by atoms with Gasteiger partial charge in [0.2, 0.25) is 0 Å². The van der Waals surface area contributed by atoms with Gasteiger partial charge in [0.05, 0.1) is 4.88 Å². The molecule has 1 aliphatic rings. The highest BCUT2D eigenvalue weighted by atomic mass is 79.9. The maximum atomic E-state index is 5.47. The Hall–Kier alpha value is -1.01. The van der Waals surface area contributed by atoms with E-state index in [1.165, 1.54) is 4.88 Å². The number of pyridine rings is 1. The van der Waals surface area contributed by atoms with Gasteiger partial charge in [-0.25, -0.2) is 4.98 Å². The Morgan fingerprint density at radius 2 is 2.11 bits per heavy atom. The number of nitrogens with zero attached hydrogens (tertiary/aromatic N) is 1. The van der Waals surface area contributed by atoms with Gasteiger partial charge in [-0.3, -0.25) is 0 Å². The topological polar surface area (TPSA) is 31.4 Å². The fourth-order valence-electron chi connectivity index (χ4n) is 1.78. The van der Waals surface area contributed by atoms with Gasteiger partial charge in [-0.2, -0.15) is 0 Å². The van der Waals surface area contributed by atoms with E-state index < -0.39 is 0 Å². The smallest absolute Gasteiger partial charge is 0.198 e. The molecule has 0 aliphatic carbocycles. The van der Waals surface area contributed by atoms with Crippen molar-refractivity contribution in [1.29, 1.82) is 0 Å². The van der Waals surface area contributed by atoms with Gasteiger partial charge in [0.1, 0.15) is 4.60 Å². The Kier molecular flexibility index (Phi) is 3.79. The van der Waals surface area contributed by atoms with E-state index in [0.717, 1.165) is 15.0 Å². The summed E-state index contributed by atoms with van der Waals surface area (Å²) >= 11 is 5.04. The second-order valence-electron chi connectivity index (χ2n) is 4.16. The highest BCUT2D eigenvalue weighted by Crippen LogP contribution is 2.35. The van der Waals surface area contributed by atoms with E-state index in [0.29, 0.717) is 0 Å². The summed E-state index contributed by atoms with van der Waals surface area (Å²) in [5.41, 5.74) is 1.11. The minimum Gasteiger partial charge on any atom is -0.319 e. The predicted molar refractivity (Wildman–Crippen MR) is 79.6 cm³/mol. The predicted octanol–water partition coefficient (Wildman–Crippen LogP) is 4.47. The first kappa shape index (κ1) is 13.0. The number of halogens is 1. The lowest BCUT2D eigenvalue weighted by atomic mass is 10.2. The average Bonchev–Trinajstić information content (AvgIpc) is 2.81. The van der Waals surface area contributed by atoms with Crippen LogP contribution in [0.2, 0.25) is 0 Å². The third kappa shape index (κ3) is 3.12. The molecule has 19 heavy (non-hydrogen) atoms. The van der Waals surface area contributed by atoms with Crippen molar-refractivity contribution in [2.75, 3.05) is 0 Å². The molecule has 2 aromatic heterocycles. The van der Waals surface area contributed by atoms with Crippen molar-refractivity contribution in [3.8, 4) is 0 Å². The third-order valence-corrected chi connectivity index (χ3v) is 4.21. The maximum Gasteiger partial charge on any atom is 0.198 e. The molecular weight excluding hydrogens is 326 g/mol. The summed E-state index contributed by atoms with van der Waals surface area (Å²) in [5, 5.41) is 0. The molecule has 98 valence electrons. The zero-order valence-corrected chi connectivity index (χ0v) is 12.6. The number of hydrogen-bond donors (Lipinski definition) is 0.